The second-order valence-electron chi connectivity index (χ2n) is 6.77. The Kier molecular flexibility index (Phi) is 8.25. The van der Waals surface area contributed by atoms with Crippen molar-refractivity contribution in [1.82, 2.24) is 0 Å². The van der Waals surface area contributed by atoms with Gasteiger partial charge in [-0.05, 0) is 67.8 Å². The highest BCUT2D eigenvalue weighted by Gasteiger charge is 2.21. The van der Waals surface area contributed by atoms with Crippen LogP contribution in [0.5, 0.6) is 5.75 Å². The van der Waals surface area contributed by atoms with Crippen molar-refractivity contribution < 1.29 is 14.3 Å². The van der Waals surface area contributed by atoms with Gasteiger partial charge >= 0.3 is 5.97 Å². The van der Waals surface area contributed by atoms with E-state index in [1.165, 1.54) is 0 Å². The highest BCUT2D eigenvalue weighted by Crippen LogP contribution is 2.31. The van der Waals surface area contributed by atoms with Crippen LogP contribution in [-0.2, 0) is 9.53 Å². The van der Waals surface area contributed by atoms with E-state index in [1.807, 2.05) is 55.3 Å². The van der Waals surface area contributed by atoms with Gasteiger partial charge in [-0.15, -0.1) is 0 Å². The van der Waals surface area contributed by atoms with Crippen LogP contribution in [0.25, 0.3) is 5.57 Å². The fourth-order valence-corrected chi connectivity index (χ4v) is 3.03. The summed E-state index contributed by atoms with van der Waals surface area (Å²) in [4.78, 5) is 14.8. The number of esters is 1. The van der Waals surface area contributed by atoms with E-state index in [2.05, 4.69) is 13.0 Å². The van der Waals surface area contributed by atoms with Gasteiger partial charge in [0.05, 0.1) is 30.9 Å². The molecule has 0 heterocycles. The molecule has 0 amide bonds. The van der Waals surface area contributed by atoms with Crippen molar-refractivity contribution in [3.63, 3.8) is 0 Å². The first-order valence-corrected chi connectivity index (χ1v) is 9.91. The van der Waals surface area contributed by atoms with Crippen LogP contribution in [-0.4, -0.2) is 26.7 Å². The lowest BCUT2D eigenvalue weighted by molar-refractivity contribution is -0.138. The lowest BCUT2D eigenvalue weighted by Crippen LogP contribution is -2.16. The third-order valence-corrected chi connectivity index (χ3v) is 4.83. The molecule has 2 rings (SSSR count). The summed E-state index contributed by atoms with van der Waals surface area (Å²) in [5.74, 6) is 0.381. The largest absolute Gasteiger partial charge is 0.497 e. The first kappa shape index (κ1) is 22.8. The minimum atomic E-state index is -0.384. The molecule has 2 aromatic rings. The van der Waals surface area contributed by atoms with Crippen LogP contribution in [0.4, 0.5) is 5.69 Å². The summed E-state index contributed by atoms with van der Waals surface area (Å²) in [7, 11) is 3.51. The van der Waals surface area contributed by atoms with E-state index in [-0.39, 0.29) is 12.6 Å². The second kappa shape index (κ2) is 10.9. The Bertz CT molecular complexity index is 965. The molecule has 0 aliphatic rings. The van der Waals surface area contributed by atoms with Crippen molar-refractivity contribution in [3.05, 3.63) is 77.0 Å². The smallest absolute Gasteiger partial charge is 0.340 e. The molecule has 0 aliphatic heterocycles. The van der Waals surface area contributed by atoms with Crippen LogP contribution in [0.3, 0.4) is 0 Å². The van der Waals surface area contributed by atoms with Crippen LogP contribution in [0.2, 0.25) is 0 Å². The summed E-state index contributed by atoms with van der Waals surface area (Å²) in [6.07, 6.45) is 2.57. The summed E-state index contributed by atoms with van der Waals surface area (Å²) >= 11 is 0. The number of methoxy groups -OCH3 is 1. The van der Waals surface area contributed by atoms with Gasteiger partial charge in [0.15, 0.2) is 0 Å². The fraction of sp³-hybridized carbons (Fsp3) is 0.280. The van der Waals surface area contributed by atoms with Gasteiger partial charge in [0.25, 0.3) is 0 Å². The summed E-state index contributed by atoms with van der Waals surface area (Å²) in [5.41, 5.74) is 4.70. The molecular weight excluding hydrogens is 376 g/mol. The van der Waals surface area contributed by atoms with Gasteiger partial charge in [-0.2, -0.15) is 5.26 Å². The van der Waals surface area contributed by atoms with E-state index in [1.54, 1.807) is 32.4 Å². The number of hydrogen-bond acceptors (Lipinski definition) is 5. The van der Waals surface area contributed by atoms with E-state index in [0.29, 0.717) is 11.1 Å². The number of carbonyl (C=O) groups is 1. The topological polar surface area (TPSA) is 62.6 Å². The van der Waals surface area contributed by atoms with Crippen molar-refractivity contribution in [2.45, 2.75) is 27.2 Å². The number of rotatable bonds is 8. The number of benzene rings is 2. The molecule has 0 atom stereocenters. The number of carbonyl (C=O) groups excluding carboxylic acids is 1. The molecule has 5 nitrogen and oxygen atoms in total. The number of nitrogens with zero attached hydrogens (tertiary/aromatic N) is 2. The molecule has 0 aliphatic carbocycles. The molecule has 0 saturated carbocycles. The highest BCUT2D eigenvalue weighted by molar-refractivity contribution is 6.07. The monoisotopic (exact) mass is 404 g/mol. The molecule has 2 aromatic carbocycles. The van der Waals surface area contributed by atoms with E-state index in [9.17, 15) is 4.79 Å². The first-order valence-electron chi connectivity index (χ1n) is 9.91. The van der Waals surface area contributed by atoms with Gasteiger partial charge in [-0.1, -0.05) is 24.6 Å². The quantitative estimate of drug-likeness (QED) is 0.338. The number of anilines is 1. The zero-order chi connectivity index (χ0) is 22.1. The Morgan fingerprint density at radius 1 is 1.10 bits per heavy atom. The van der Waals surface area contributed by atoms with Crippen LogP contribution in [0.15, 0.2) is 65.9 Å². The number of hydrogen-bond donors (Lipinski definition) is 0. The molecule has 0 N–H and O–H groups in total. The summed E-state index contributed by atoms with van der Waals surface area (Å²) < 4.78 is 10.6. The number of nitriles is 1. The molecule has 0 unspecified atom stereocenters. The maximum atomic E-state index is 12.9. The van der Waals surface area contributed by atoms with Gasteiger partial charge in [0.1, 0.15) is 5.75 Å². The van der Waals surface area contributed by atoms with Gasteiger partial charge in [-0.25, -0.2) is 4.79 Å². The summed E-state index contributed by atoms with van der Waals surface area (Å²) in [6.45, 7) is 6.14. The maximum absolute atomic E-state index is 12.9. The van der Waals surface area contributed by atoms with Gasteiger partial charge < -0.3 is 14.4 Å². The lowest BCUT2D eigenvalue weighted by atomic mass is 9.92. The van der Waals surface area contributed by atoms with Gasteiger partial charge in [-0.3, -0.25) is 0 Å². The molecule has 156 valence electrons. The molecule has 0 radical (unpaired) electrons. The predicted octanol–water partition coefficient (Wildman–Crippen LogP) is 5.33. The Morgan fingerprint density at radius 2 is 1.73 bits per heavy atom. The van der Waals surface area contributed by atoms with E-state index < -0.39 is 0 Å². The van der Waals surface area contributed by atoms with Crippen molar-refractivity contribution >= 4 is 17.2 Å². The minimum absolute atomic E-state index is 0.286. The van der Waals surface area contributed by atoms with E-state index >= 15 is 0 Å². The van der Waals surface area contributed by atoms with E-state index in [4.69, 9.17) is 14.7 Å². The first-order chi connectivity index (χ1) is 14.4. The predicted molar refractivity (Wildman–Crippen MR) is 120 cm³/mol. The fourth-order valence-electron chi connectivity index (χ4n) is 3.03. The van der Waals surface area contributed by atoms with Crippen molar-refractivity contribution in [2.24, 2.45) is 0 Å². The molecular formula is C25H28N2O3. The molecule has 0 saturated heterocycles. The SMILES string of the molecule is CCOC(=O)C(=C/N(C)c1ccc(OC)cc1)/C(=C(/C)CC)c1ccc(C#N)cc1. The standard InChI is InChI=1S/C25H28N2O3/c1-6-18(3)24(20-10-8-19(16-26)9-11-20)23(25(28)30-7-2)17-27(4)21-12-14-22(29-5)15-13-21/h8-15,17H,6-7H2,1-5H3/b23-17+,24-18-. The maximum Gasteiger partial charge on any atom is 0.340 e. The highest BCUT2D eigenvalue weighted by atomic mass is 16.5. The van der Waals surface area contributed by atoms with Gasteiger partial charge in [0, 0.05) is 18.9 Å². The molecule has 0 bridgehead atoms. The van der Waals surface area contributed by atoms with Crippen molar-refractivity contribution in [3.8, 4) is 11.8 Å². The number of ether oxygens (including phenoxy) is 2. The molecule has 0 fully saturated rings. The van der Waals surface area contributed by atoms with E-state index in [0.717, 1.165) is 34.6 Å². The molecule has 0 aromatic heterocycles. The average molecular weight is 405 g/mol. The molecule has 0 spiro atoms. The Labute approximate surface area is 178 Å². The summed E-state index contributed by atoms with van der Waals surface area (Å²) in [5, 5.41) is 9.11. The lowest BCUT2D eigenvalue weighted by Gasteiger charge is -2.20. The summed E-state index contributed by atoms with van der Waals surface area (Å²) in [6, 6.07) is 17.0. The van der Waals surface area contributed by atoms with Crippen LogP contribution in [0.1, 0.15) is 38.3 Å². The Hall–Kier alpha value is -3.52. The zero-order valence-corrected chi connectivity index (χ0v) is 18.2. The normalized spacial score (nSPS) is 11.9. The van der Waals surface area contributed by atoms with Crippen LogP contribution in [0, 0.1) is 11.3 Å². The van der Waals surface area contributed by atoms with Gasteiger partial charge in [0.2, 0.25) is 0 Å². The minimum Gasteiger partial charge on any atom is -0.497 e. The Morgan fingerprint density at radius 3 is 2.23 bits per heavy atom. The molecule has 5 heteroatoms. The van der Waals surface area contributed by atoms with Crippen LogP contribution < -0.4 is 9.64 Å². The number of allylic oxidation sites excluding steroid dienone is 1. The van der Waals surface area contributed by atoms with Crippen LogP contribution >= 0.6 is 0 Å². The van der Waals surface area contributed by atoms with Crippen molar-refractivity contribution in [2.75, 3.05) is 25.7 Å². The Balaban J connectivity index is 2.58. The zero-order valence-electron chi connectivity index (χ0n) is 18.2. The van der Waals surface area contributed by atoms with Crippen molar-refractivity contribution in [1.29, 1.82) is 5.26 Å². The second-order valence-corrected chi connectivity index (χ2v) is 6.77. The molecule has 30 heavy (non-hydrogen) atoms. The third-order valence-electron chi connectivity index (χ3n) is 4.83. The third kappa shape index (κ3) is 5.51. The average Bonchev–Trinajstić information content (AvgIpc) is 2.78.